The van der Waals surface area contributed by atoms with Crippen LogP contribution in [0.25, 0.3) is 0 Å². The van der Waals surface area contributed by atoms with Gasteiger partial charge >= 0.3 is 0 Å². The van der Waals surface area contributed by atoms with Crippen molar-refractivity contribution in [3.63, 3.8) is 0 Å². The number of nitrogens with zero attached hydrogens (tertiary/aromatic N) is 2. The van der Waals surface area contributed by atoms with Crippen molar-refractivity contribution in [1.82, 2.24) is 10.3 Å². The molecule has 0 atom stereocenters. The first-order valence-corrected chi connectivity index (χ1v) is 5.32. The van der Waals surface area contributed by atoms with E-state index in [1.54, 1.807) is 25.4 Å². The summed E-state index contributed by atoms with van der Waals surface area (Å²) in [6, 6.07) is 5.35. The maximum Gasteiger partial charge on any atom is 0.227 e. The summed E-state index contributed by atoms with van der Waals surface area (Å²) in [4.78, 5) is 15.5. The van der Waals surface area contributed by atoms with E-state index >= 15 is 0 Å². The van der Waals surface area contributed by atoms with Gasteiger partial charge in [0.25, 0.3) is 0 Å². The second-order valence-corrected chi connectivity index (χ2v) is 4.36. The molecular formula is C12H16N4O. The number of nitrogens with one attached hydrogen (secondary N) is 2. The Hall–Kier alpha value is -2.09. The van der Waals surface area contributed by atoms with Crippen LogP contribution in [-0.4, -0.2) is 24.5 Å². The molecule has 0 aliphatic carbocycles. The Morgan fingerprint density at radius 2 is 2.24 bits per heavy atom. The third-order valence-corrected chi connectivity index (χ3v) is 2.45. The Kier molecular flexibility index (Phi) is 4.05. The van der Waals surface area contributed by atoms with Crippen molar-refractivity contribution in [1.29, 1.82) is 5.26 Å². The number of nitriles is 1. The van der Waals surface area contributed by atoms with Crippen molar-refractivity contribution >= 4 is 11.6 Å². The summed E-state index contributed by atoms with van der Waals surface area (Å²) in [6.07, 6.45) is 1.58. The molecule has 1 aromatic heterocycles. The van der Waals surface area contributed by atoms with Crippen LogP contribution in [-0.2, 0) is 4.79 Å². The number of rotatable bonds is 4. The maximum absolute atomic E-state index is 11.5. The van der Waals surface area contributed by atoms with Crippen molar-refractivity contribution in [2.45, 2.75) is 13.8 Å². The van der Waals surface area contributed by atoms with Crippen LogP contribution in [0.15, 0.2) is 18.3 Å². The molecule has 0 aliphatic heterocycles. The van der Waals surface area contributed by atoms with Gasteiger partial charge in [-0.1, -0.05) is 0 Å². The lowest BCUT2D eigenvalue weighted by molar-refractivity contribution is -0.128. The first-order chi connectivity index (χ1) is 7.99. The van der Waals surface area contributed by atoms with E-state index in [2.05, 4.69) is 15.6 Å². The van der Waals surface area contributed by atoms with Gasteiger partial charge in [-0.2, -0.15) is 5.26 Å². The lowest BCUT2D eigenvalue weighted by atomic mass is 9.92. The van der Waals surface area contributed by atoms with E-state index < -0.39 is 5.41 Å². The van der Waals surface area contributed by atoms with Crippen LogP contribution >= 0.6 is 0 Å². The highest BCUT2D eigenvalue weighted by molar-refractivity contribution is 5.82. The average molecular weight is 232 g/mol. The van der Waals surface area contributed by atoms with Crippen LogP contribution < -0.4 is 10.6 Å². The molecule has 1 aromatic rings. The topological polar surface area (TPSA) is 77.8 Å². The van der Waals surface area contributed by atoms with E-state index in [-0.39, 0.29) is 5.91 Å². The normalized spacial score (nSPS) is 10.5. The maximum atomic E-state index is 11.5. The number of anilines is 1. The smallest absolute Gasteiger partial charge is 0.227 e. The lowest BCUT2D eigenvalue weighted by Crippen LogP contribution is -2.39. The zero-order valence-corrected chi connectivity index (χ0v) is 10.2. The molecule has 1 amide bonds. The van der Waals surface area contributed by atoms with Gasteiger partial charge < -0.3 is 10.6 Å². The van der Waals surface area contributed by atoms with Crippen LogP contribution in [0.5, 0.6) is 0 Å². The minimum absolute atomic E-state index is 0.0217. The second-order valence-electron chi connectivity index (χ2n) is 4.36. The predicted octanol–water partition coefficient (Wildman–Crippen LogP) is 1.14. The van der Waals surface area contributed by atoms with E-state index in [1.165, 1.54) is 0 Å². The number of hydrogen-bond acceptors (Lipinski definition) is 4. The molecule has 5 heteroatoms. The fourth-order valence-corrected chi connectivity index (χ4v) is 1.31. The molecule has 0 radical (unpaired) electrons. The number of aromatic nitrogens is 1. The molecular weight excluding hydrogens is 216 g/mol. The molecule has 0 fully saturated rings. The number of carbonyl (C=O) groups is 1. The predicted molar refractivity (Wildman–Crippen MR) is 65.3 cm³/mol. The quantitative estimate of drug-likeness (QED) is 0.816. The first-order valence-electron chi connectivity index (χ1n) is 5.32. The summed E-state index contributed by atoms with van der Waals surface area (Å²) in [5.74, 6) is -0.0217. The molecule has 1 rings (SSSR count). The molecule has 0 saturated heterocycles. The highest BCUT2D eigenvalue weighted by atomic mass is 16.2. The fraction of sp³-hybridized carbons (Fsp3) is 0.417. The highest BCUT2D eigenvalue weighted by Crippen LogP contribution is 2.16. The minimum atomic E-state index is -0.497. The number of carbonyl (C=O) groups excluding carboxylic acids is 1. The van der Waals surface area contributed by atoms with E-state index in [0.29, 0.717) is 12.2 Å². The van der Waals surface area contributed by atoms with Gasteiger partial charge in [-0.25, -0.2) is 4.98 Å². The van der Waals surface area contributed by atoms with Crippen molar-refractivity contribution in [2.75, 3.05) is 18.9 Å². The molecule has 0 aliphatic rings. The number of amides is 1. The van der Waals surface area contributed by atoms with Crippen LogP contribution in [0.2, 0.25) is 0 Å². The first kappa shape index (κ1) is 13.0. The molecule has 17 heavy (non-hydrogen) atoms. The Labute approximate surface area is 101 Å². The van der Waals surface area contributed by atoms with Gasteiger partial charge in [-0.05, 0) is 26.0 Å². The summed E-state index contributed by atoms with van der Waals surface area (Å²) < 4.78 is 0. The Morgan fingerprint density at radius 3 is 2.71 bits per heavy atom. The van der Waals surface area contributed by atoms with Crippen LogP contribution in [0.4, 0.5) is 5.69 Å². The van der Waals surface area contributed by atoms with E-state index in [9.17, 15) is 4.79 Å². The summed E-state index contributed by atoms with van der Waals surface area (Å²) in [6.45, 7) is 4.21. The minimum Gasteiger partial charge on any atom is -0.383 e. The summed E-state index contributed by atoms with van der Waals surface area (Å²) >= 11 is 0. The monoisotopic (exact) mass is 232 g/mol. The van der Waals surface area contributed by atoms with Gasteiger partial charge in [0.05, 0.1) is 17.3 Å². The molecule has 0 saturated carbocycles. The van der Waals surface area contributed by atoms with Gasteiger partial charge in [0.2, 0.25) is 5.91 Å². The van der Waals surface area contributed by atoms with Crippen LogP contribution in [0, 0.1) is 16.7 Å². The van der Waals surface area contributed by atoms with Gasteiger partial charge in [0.15, 0.2) is 0 Å². The van der Waals surface area contributed by atoms with Gasteiger partial charge in [0.1, 0.15) is 11.8 Å². The summed E-state index contributed by atoms with van der Waals surface area (Å²) in [5.41, 5.74) is 0.671. The van der Waals surface area contributed by atoms with E-state index in [0.717, 1.165) is 5.69 Å². The van der Waals surface area contributed by atoms with Crippen molar-refractivity contribution in [2.24, 2.45) is 5.41 Å². The van der Waals surface area contributed by atoms with E-state index in [4.69, 9.17) is 5.26 Å². The van der Waals surface area contributed by atoms with Crippen LogP contribution in [0.3, 0.4) is 0 Å². The summed E-state index contributed by atoms with van der Waals surface area (Å²) in [7, 11) is 1.62. The number of hydrogen-bond donors (Lipinski definition) is 2. The molecule has 0 spiro atoms. The molecule has 0 aromatic carbocycles. The molecule has 0 bridgehead atoms. The Morgan fingerprint density at radius 1 is 1.53 bits per heavy atom. The number of pyridine rings is 1. The average Bonchev–Trinajstić information content (AvgIpc) is 2.36. The lowest BCUT2D eigenvalue weighted by Gasteiger charge is -2.23. The Bertz CT molecular complexity index is 431. The third kappa shape index (κ3) is 3.45. The van der Waals surface area contributed by atoms with Crippen molar-refractivity contribution in [3.05, 3.63) is 24.0 Å². The van der Waals surface area contributed by atoms with Gasteiger partial charge in [0, 0.05) is 13.6 Å². The largest absolute Gasteiger partial charge is 0.383 e. The fourth-order valence-electron chi connectivity index (χ4n) is 1.31. The zero-order chi connectivity index (χ0) is 12.9. The SMILES string of the molecule is CNC(=O)C(C)(C)CNc1ccc(C#N)nc1. The van der Waals surface area contributed by atoms with Crippen LogP contribution in [0.1, 0.15) is 19.5 Å². The Balaban J connectivity index is 2.61. The molecule has 0 unspecified atom stereocenters. The van der Waals surface area contributed by atoms with E-state index in [1.807, 2.05) is 19.9 Å². The molecule has 1 heterocycles. The van der Waals surface area contributed by atoms with Gasteiger partial charge in [-0.3, -0.25) is 4.79 Å². The second kappa shape index (κ2) is 5.30. The summed E-state index contributed by atoms with van der Waals surface area (Å²) in [5, 5.41) is 14.3. The molecule has 5 nitrogen and oxygen atoms in total. The highest BCUT2D eigenvalue weighted by Gasteiger charge is 2.26. The van der Waals surface area contributed by atoms with Crippen molar-refractivity contribution in [3.8, 4) is 6.07 Å². The molecule has 90 valence electrons. The molecule has 2 N–H and O–H groups in total. The standard InChI is InChI=1S/C12H16N4O/c1-12(2,11(17)14-3)8-16-10-5-4-9(6-13)15-7-10/h4-5,7,16H,8H2,1-3H3,(H,14,17). The van der Waals surface area contributed by atoms with Crippen molar-refractivity contribution < 1.29 is 4.79 Å². The zero-order valence-electron chi connectivity index (χ0n) is 10.2. The van der Waals surface area contributed by atoms with Gasteiger partial charge in [-0.15, -0.1) is 0 Å². The third-order valence-electron chi connectivity index (χ3n) is 2.45.